The highest BCUT2D eigenvalue weighted by molar-refractivity contribution is 9.10. The van der Waals surface area contributed by atoms with Crippen LogP contribution in [0.25, 0.3) is 11.4 Å². The average Bonchev–Trinajstić information content (AvgIpc) is 2.38. The first-order chi connectivity index (χ1) is 8.29. The molecule has 0 bridgehead atoms. The van der Waals surface area contributed by atoms with Crippen LogP contribution in [0.5, 0.6) is 0 Å². The monoisotopic (exact) mass is 288 g/mol. The van der Waals surface area contributed by atoms with Gasteiger partial charge in [-0.2, -0.15) is 0 Å². The number of aliphatic hydroxyl groups is 1. The van der Waals surface area contributed by atoms with Gasteiger partial charge in [0.1, 0.15) is 6.61 Å². The van der Waals surface area contributed by atoms with Crippen molar-refractivity contribution in [3.63, 3.8) is 0 Å². The Labute approximate surface area is 108 Å². The van der Waals surface area contributed by atoms with E-state index in [4.69, 9.17) is 5.11 Å². The largest absolute Gasteiger partial charge is 0.384 e. The van der Waals surface area contributed by atoms with E-state index in [1.165, 1.54) is 0 Å². The number of halogens is 1. The average molecular weight is 289 g/mol. The highest BCUT2D eigenvalue weighted by atomic mass is 79.9. The Balaban J connectivity index is 2.26. The van der Waals surface area contributed by atoms with Crippen molar-refractivity contribution >= 4 is 15.9 Å². The van der Waals surface area contributed by atoms with Crippen LogP contribution >= 0.6 is 15.9 Å². The van der Waals surface area contributed by atoms with Crippen molar-refractivity contribution in [3.8, 4) is 23.2 Å². The maximum Gasteiger partial charge on any atom is 0.159 e. The molecule has 1 aromatic heterocycles. The Morgan fingerprint density at radius 1 is 1.12 bits per heavy atom. The summed E-state index contributed by atoms with van der Waals surface area (Å²) in [7, 11) is 0. The zero-order valence-electron chi connectivity index (χ0n) is 8.89. The van der Waals surface area contributed by atoms with Crippen LogP contribution in [-0.4, -0.2) is 21.7 Å². The van der Waals surface area contributed by atoms with Gasteiger partial charge in [-0.15, -0.1) is 0 Å². The van der Waals surface area contributed by atoms with Crippen LogP contribution in [0.3, 0.4) is 0 Å². The fraction of sp³-hybridized carbons (Fsp3) is 0.0769. The minimum atomic E-state index is -0.127. The van der Waals surface area contributed by atoms with E-state index >= 15 is 0 Å². The van der Waals surface area contributed by atoms with Gasteiger partial charge in [-0.25, -0.2) is 9.97 Å². The van der Waals surface area contributed by atoms with Crippen molar-refractivity contribution in [1.82, 2.24) is 9.97 Å². The number of aromatic nitrogens is 2. The van der Waals surface area contributed by atoms with Gasteiger partial charge < -0.3 is 5.11 Å². The molecule has 4 heteroatoms. The summed E-state index contributed by atoms with van der Waals surface area (Å²) in [6.07, 6.45) is 3.42. The lowest BCUT2D eigenvalue weighted by molar-refractivity contribution is 0.350. The first-order valence-corrected chi connectivity index (χ1v) is 5.76. The van der Waals surface area contributed by atoms with Crippen LogP contribution in [0, 0.1) is 11.8 Å². The second-order valence-corrected chi connectivity index (χ2v) is 4.18. The summed E-state index contributed by atoms with van der Waals surface area (Å²) in [5.74, 6) is 6.11. The smallest absolute Gasteiger partial charge is 0.159 e. The summed E-state index contributed by atoms with van der Waals surface area (Å²) < 4.78 is 0.853. The lowest BCUT2D eigenvalue weighted by Crippen LogP contribution is -1.87. The number of aliphatic hydroxyl groups excluding tert-OH is 1. The molecule has 0 spiro atoms. The van der Waals surface area contributed by atoms with Crippen molar-refractivity contribution in [2.24, 2.45) is 0 Å². The third-order valence-corrected chi connectivity index (χ3v) is 2.48. The van der Waals surface area contributed by atoms with Gasteiger partial charge in [0.2, 0.25) is 0 Å². The van der Waals surface area contributed by atoms with Crippen LogP contribution in [0.2, 0.25) is 0 Å². The molecule has 1 heterocycles. The van der Waals surface area contributed by atoms with Gasteiger partial charge in [0.05, 0.1) is 4.47 Å². The standard InChI is InChI=1S/C13H9BrN2O/c14-12-8-15-13(16-9-12)11-5-3-10(4-6-11)2-1-7-17/h3-6,8-9,17H,7H2. The van der Waals surface area contributed by atoms with E-state index in [0.717, 1.165) is 15.6 Å². The number of rotatable bonds is 1. The first-order valence-electron chi connectivity index (χ1n) is 4.97. The van der Waals surface area contributed by atoms with E-state index in [0.29, 0.717) is 5.82 Å². The molecule has 0 radical (unpaired) electrons. The topological polar surface area (TPSA) is 46.0 Å². The summed E-state index contributed by atoms with van der Waals surface area (Å²) in [6, 6.07) is 7.57. The molecule has 1 N–H and O–H groups in total. The van der Waals surface area contributed by atoms with Gasteiger partial charge in [-0.1, -0.05) is 11.8 Å². The van der Waals surface area contributed by atoms with E-state index in [1.807, 2.05) is 24.3 Å². The Bertz CT molecular complexity index is 553. The third kappa shape index (κ3) is 3.13. The third-order valence-electron chi connectivity index (χ3n) is 2.08. The number of hydrogen-bond acceptors (Lipinski definition) is 3. The van der Waals surface area contributed by atoms with Crippen molar-refractivity contribution in [1.29, 1.82) is 0 Å². The Morgan fingerprint density at radius 3 is 2.35 bits per heavy atom. The molecule has 0 unspecified atom stereocenters. The maximum absolute atomic E-state index is 8.59. The maximum atomic E-state index is 8.59. The quantitative estimate of drug-likeness (QED) is 0.819. The Morgan fingerprint density at radius 2 is 1.76 bits per heavy atom. The normalized spacial score (nSPS) is 9.53. The van der Waals surface area contributed by atoms with Gasteiger partial charge in [0.15, 0.2) is 5.82 Å². The molecule has 0 fully saturated rings. The van der Waals surface area contributed by atoms with E-state index in [1.54, 1.807) is 12.4 Å². The molecular formula is C13H9BrN2O. The van der Waals surface area contributed by atoms with Crippen LogP contribution in [0.15, 0.2) is 41.1 Å². The summed E-state index contributed by atoms with van der Waals surface area (Å²) in [4.78, 5) is 8.41. The van der Waals surface area contributed by atoms with E-state index < -0.39 is 0 Å². The van der Waals surface area contributed by atoms with Crippen molar-refractivity contribution in [2.75, 3.05) is 6.61 Å². The SMILES string of the molecule is OCC#Cc1ccc(-c2ncc(Br)cn2)cc1. The minimum absolute atomic E-state index is 0.127. The molecule has 0 saturated carbocycles. The molecule has 0 aliphatic rings. The molecule has 3 nitrogen and oxygen atoms in total. The minimum Gasteiger partial charge on any atom is -0.384 e. The first kappa shape index (κ1) is 11.8. The highest BCUT2D eigenvalue weighted by Crippen LogP contribution is 2.16. The second-order valence-electron chi connectivity index (χ2n) is 3.26. The highest BCUT2D eigenvalue weighted by Gasteiger charge is 1.99. The summed E-state index contributed by atoms with van der Waals surface area (Å²) >= 11 is 3.29. The van der Waals surface area contributed by atoms with Gasteiger partial charge in [-0.3, -0.25) is 0 Å². The summed E-state index contributed by atoms with van der Waals surface area (Å²) in [5, 5.41) is 8.59. The fourth-order valence-corrected chi connectivity index (χ4v) is 1.51. The predicted molar refractivity (Wildman–Crippen MR) is 69.1 cm³/mol. The summed E-state index contributed by atoms with van der Waals surface area (Å²) in [6.45, 7) is -0.127. The van der Waals surface area contributed by atoms with E-state index in [-0.39, 0.29) is 6.61 Å². The number of benzene rings is 1. The number of nitrogens with zero attached hydrogens (tertiary/aromatic N) is 2. The van der Waals surface area contributed by atoms with Gasteiger partial charge in [-0.05, 0) is 40.2 Å². The summed E-state index contributed by atoms with van der Waals surface area (Å²) in [5.41, 5.74) is 1.80. The van der Waals surface area contributed by atoms with E-state index in [9.17, 15) is 0 Å². The van der Waals surface area contributed by atoms with Crippen molar-refractivity contribution < 1.29 is 5.11 Å². The van der Waals surface area contributed by atoms with Crippen LogP contribution in [0.1, 0.15) is 5.56 Å². The molecule has 84 valence electrons. The van der Waals surface area contributed by atoms with Crippen LogP contribution in [-0.2, 0) is 0 Å². The van der Waals surface area contributed by atoms with Crippen LogP contribution < -0.4 is 0 Å². The van der Waals surface area contributed by atoms with E-state index in [2.05, 4.69) is 37.7 Å². The molecule has 0 saturated heterocycles. The molecule has 0 aliphatic carbocycles. The van der Waals surface area contributed by atoms with Crippen LogP contribution in [0.4, 0.5) is 0 Å². The Kier molecular flexibility index (Phi) is 3.86. The molecule has 17 heavy (non-hydrogen) atoms. The molecule has 0 amide bonds. The van der Waals surface area contributed by atoms with Gasteiger partial charge >= 0.3 is 0 Å². The zero-order valence-corrected chi connectivity index (χ0v) is 10.5. The Hall–Kier alpha value is -1.70. The lowest BCUT2D eigenvalue weighted by Gasteiger charge is -1.99. The molecule has 0 atom stereocenters. The molecule has 0 aliphatic heterocycles. The second kappa shape index (κ2) is 5.58. The molecule has 2 rings (SSSR count). The fourth-order valence-electron chi connectivity index (χ4n) is 1.31. The lowest BCUT2D eigenvalue weighted by atomic mass is 10.1. The van der Waals surface area contributed by atoms with Crippen molar-refractivity contribution in [3.05, 3.63) is 46.7 Å². The molecular weight excluding hydrogens is 280 g/mol. The molecule has 1 aromatic carbocycles. The predicted octanol–water partition coefficient (Wildman–Crippen LogP) is 2.25. The van der Waals surface area contributed by atoms with Crippen molar-refractivity contribution in [2.45, 2.75) is 0 Å². The van der Waals surface area contributed by atoms with Gasteiger partial charge in [0, 0.05) is 23.5 Å². The molecule has 2 aromatic rings. The number of hydrogen-bond donors (Lipinski definition) is 1. The zero-order chi connectivity index (χ0) is 12.1. The van der Waals surface area contributed by atoms with Gasteiger partial charge in [0.25, 0.3) is 0 Å².